The van der Waals surface area contributed by atoms with Crippen molar-refractivity contribution in [2.24, 2.45) is 0 Å². The quantitative estimate of drug-likeness (QED) is 0.853. The lowest BCUT2D eigenvalue weighted by Gasteiger charge is -2.06. The minimum absolute atomic E-state index is 0.0798. The summed E-state index contributed by atoms with van der Waals surface area (Å²) in [6, 6.07) is 8.89. The first-order valence-electron chi connectivity index (χ1n) is 5.50. The van der Waals surface area contributed by atoms with E-state index in [1.54, 1.807) is 30.6 Å². The average Bonchev–Trinajstić information content (AvgIpc) is 2.35. The molecule has 2 aromatic rings. The van der Waals surface area contributed by atoms with Gasteiger partial charge in [0, 0.05) is 35.3 Å². The molecule has 2 rings (SSSR count). The van der Waals surface area contributed by atoms with Crippen LogP contribution in [0.4, 0.5) is 0 Å². The van der Waals surface area contributed by atoms with Crippen LogP contribution in [0.15, 0.2) is 42.7 Å². The summed E-state index contributed by atoms with van der Waals surface area (Å²) >= 11 is 12.1. The Morgan fingerprint density at radius 1 is 1.00 bits per heavy atom. The van der Waals surface area contributed by atoms with Gasteiger partial charge in [-0.2, -0.15) is 0 Å². The molecule has 18 heavy (non-hydrogen) atoms. The van der Waals surface area contributed by atoms with Crippen LogP contribution in [0.2, 0.25) is 10.0 Å². The summed E-state index contributed by atoms with van der Waals surface area (Å²) in [5.41, 5.74) is 1.64. The summed E-state index contributed by atoms with van der Waals surface area (Å²) in [5, 5.41) is 1.07. The number of carbonyl (C=O) groups is 1. The zero-order chi connectivity index (χ0) is 13.0. The van der Waals surface area contributed by atoms with Gasteiger partial charge in [0.15, 0.2) is 0 Å². The van der Waals surface area contributed by atoms with E-state index in [-0.39, 0.29) is 12.2 Å². The highest BCUT2D eigenvalue weighted by atomic mass is 35.5. The van der Waals surface area contributed by atoms with Crippen molar-refractivity contribution in [3.05, 3.63) is 63.9 Å². The lowest BCUT2D eigenvalue weighted by atomic mass is 10.0. The molecule has 0 N–H and O–H groups in total. The van der Waals surface area contributed by atoms with Crippen molar-refractivity contribution in [2.45, 2.75) is 12.8 Å². The van der Waals surface area contributed by atoms with Gasteiger partial charge in [-0.05, 0) is 35.4 Å². The predicted molar refractivity (Wildman–Crippen MR) is 73.1 cm³/mol. The Labute approximate surface area is 116 Å². The topological polar surface area (TPSA) is 30.0 Å². The molecule has 0 saturated heterocycles. The Hall–Kier alpha value is -1.38. The van der Waals surface area contributed by atoms with Crippen molar-refractivity contribution < 1.29 is 4.79 Å². The second-order valence-corrected chi connectivity index (χ2v) is 4.76. The molecule has 1 aromatic heterocycles. The molecule has 2 nitrogen and oxygen atoms in total. The van der Waals surface area contributed by atoms with E-state index in [1.807, 2.05) is 12.1 Å². The molecule has 1 heterocycles. The molecule has 1 aromatic carbocycles. The standard InChI is InChI=1S/C14H11Cl2NO/c15-13-2-1-3-14(16)12(13)9-11(18)8-10-4-6-17-7-5-10/h1-7H,8-9H2. The van der Waals surface area contributed by atoms with Crippen molar-refractivity contribution in [2.75, 3.05) is 0 Å². The van der Waals surface area contributed by atoms with Crippen molar-refractivity contribution in [3.63, 3.8) is 0 Å². The Balaban J connectivity index is 2.08. The Bertz CT molecular complexity index is 535. The molecule has 0 atom stereocenters. The zero-order valence-electron chi connectivity index (χ0n) is 9.57. The van der Waals surface area contributed by atoms with E-state index < -0.39 is 0 Å². The number of hydrogen-bond acceptors (Lipinski definition) is 2. The molecule has 4 heteroatoms. The molecular weight excluding hydrogens is 269 g/mol. The number of ketones is 1. The van der Waals surface area contributed by atoms with Crippen LogP contribution in [-0.2, 0) is 17.6 Å². The van der Waals surface area contributed by atoms with E-state index in [1.165, 1.54) is 0 Å². The minimum atomic E-state index is 0.0798. The van der Waals surface area contributed by atoms with E-state index in [9.17, 15) is 4.79 Å². The Morgan fingerprint density at radius 3 is 2.22 bits per heavy atom. The molecule has 0 saturated carbocycles. The highest BCUT2D eigenvalue weighted by Gasteiger charge is 2.11. The summed E-state index contributed by atoms with van der Waals surface area (Å²) < 4.78 is 0. The van der Waals surface area contributed by atoms with Crippen molar-refractivity contribution in [3.8, 4) is 0 Å². The van der Waals surface area contributed by atoms with Gasteiger partial charge >= 0.3 is 0 Å². The second-order valence-electron chi connectivity index (χ2n) is 3.95. The van der Waals surface area contributed by atoms with Crippen molar-refractivity contribution >= 4 is 29.0 Å². The molecule has 0 unspecified atom stereocenters. The van der Waals surface area contributed by atoms with Gasteiger partial charge in [-0.25, -0.2) is 0 Å². The highest BCUT2D eigenvalue weighted by molar-refractivity contribution is 6.36. The molecule has 92 valence electrons. The van der Waals surface area contributed by atoms with Gasteiger partial charge in [-0.15, -0.1) is 0 Å². The van der Waals surface area contributed by atoms with Crippen LogP contribution in [-0.4, -0.2) is 10.8 Å². The molecule has 0 radical (unpaired) electrons. The van der Waals surface area contributed by atoms with Crippen molar-refractivity contribution in [1.29, 1.82) is 0 Å². The minimum Gasteiger partial charge on any atom is -0.299 e. The monoisotopic (exact) mass is 279 g/mol. The Kier molecular flexibility index (Phi) is 4.34. The van der Waals surface area contributed by atoms with Gasteiger partial charge in [-0.1, -0.05) is 29.3 Å². The number of hydrogen-bond donors (Lipinski definition) is 0. The van der Waals surface area contributed by atoms with Gasteiger partial charge in [0.05, 0.1) is 0 Å². The third kappa shape index (κ3) is 3.31. The van der Waals surface area contributed by atoms with Crippen molar-refractivity contribution in [1.82, 2.24) is 4.98 Å². The molecule has 0 fully saturated rings. The molecule has 0 aliphatic rings. The molecule has 0 bridgehead atoms. The predicted octanol–water partition coefficient (Wildman–Crippen LogP) is 3.74. The van der Waals surface area contributed by atoms with Crippen LogP contribution >= 0.6 is 23.2 Å². The fourth-order valence-electron chi connectivity index (χ4n) is 1.69. The summed E-state index contributed by atoms with van der Waals surface area (Å²) in [6.07, 6.45) is 3.96. The van der Waals surface area contributed by atoms with E-state index in [0.29, 0.717) is 22.0 Å². The first-order chi connectivity index (χ1) is 8.66. The lowest BCUT2D eigenvalue weighted by Crippen LogP contribution is -2.07. The maximum Gasteiger partial charge on any atom is 0.141 e. The third-order valence-corrected chi connectivity index (χ3v) is 3.29. The Morgan fingerprint density at radius 2 is 1.61 bits per heavy atom. The summed E-state index contributed by atoms with van der Waals surface area (Å²) in [4.78, 5) is 15.9. The third-order valence-electron chi connectivity index (χ3n) is 2.59. The summed E-state index contributed by atoms with van der Waals surface area (Å²) in [7, 11) is 0. The molecule has 0 aliphatic carbocycles. The highest BCUT2D eigenvalue weighted by Crippen LogP contribution is 2.25. The second kappa shape index (κ2) is 5.98. The summed E-state index contributed by atoms with van der Waals surface area (Å²) in [6.45, 7) is 0. The first kappa shape index (κ1) is 13.1. The fraction of sp³-hybridized carbons (Fsp3) is 0.143. The first-order valence-corrected chi connectivity index (χ1v) is 6.26. The number of aromatic nitrogens is 1. The van der Waals surface area contributed by atoms with Crippen LogP contribution in [0.1, 0.15) is 11.1 Å². The van der Waals surface area contributed by atoms with E-state index >= 15 is 0 Å². The van der Waals surface area contributed by atoms with Crippen LogP contribution in [0.25, 0.3) is 0 Å². The lowest BCUT2D eigenvalue weighted by molar-refractivity contribution is -0.117. The number of halogens is 2. The van der Waals surface area contributed by atoms with E-state index in [2.05, 4.69) is 4.98 Å². The average molecular weight is 280 g/mol. The number of nitrogens with zero attached hydrogens (tertiary/aromatic N) is 1. The van der Waals surface area contributed by atoms with Crippen LogP contribution in [0.5, 0.6) is 0 Å². The largest absolute Gasteiger partial charge is 0.299 e. The summed E-state index contributed by atoms with van der Waals surface area (Å²) in [5.74, 6) is 0.0798. The maximum absolute atomic E-state index is 11.9. The van der Waals surface area contributed by atoms with E-state index in [0.717, 1.165) is 5.56 Å². The normalized spacial score (nSPS) is 10.3. The SMILES string of the molecule is O=C(Cc1ccncc1)Cc1c(Cl)cccc1Cl. The smallest absolute Gasteiger partial charge is 0.141 e. The van der Waals surface area contributed by atoms with Crippen LogP contribution in [0.3, 0.4) is 0 Å². The molecule has 0 spiro atoms. The number of benzene rings is 1. The van der Waals surface area contributed by atoms with Gasteiger partial charge in [0.25, 0.3) is 0 Å². The van der Waals surface area contributed by atoms with Crippen LogP contribution < -0.4 is 0 Å². The van der Waals surface area contributed by atoms with Gasteiger partial charge in [-0.3, -0.25) is 9.78 Å². The number of carbonyl (C=O) groups excluding carboxylic acids is 1. The number of pyridine rings is 1. The zero-order valence-corrected chi connectivity index (χ0v) is 11.1. The number of rotatable bonds is 4. The van der Waals surface area contributed by atoms with Gasteiger partial charge in [0.1, 0.15) is 5.78 Å². The number of Topliss-reactive ketones (excluding diaryl/α,β-unsaturated/α-hetero) is 1. The molecular formula is C14H11Cl2NO. The maximum atomic E-state index is 11.9. The van der Waals surface area contributed by atoms with Gasteiger partial charge < -0.3 is 0 Å². The van der Waals surface area contributed by atoms with Gasteiger partial charge in [0.2, 0.25) is 0 Å². The fourth-order valence-corrected chi connectivity index (χ4v) is 2.22. The molecule has 0 amide bonds. The molecule has 0 aliphatic heterocycles. The van der Waals surface area contributed by atoms with E-state index in [4.69, 9.17) is 23.2 Å². The van der Waals surface area contributed by atoms with Crippen LogP contribution in [0, 0.1) is 0 Å².